The number of rotatable bonds is 7. The van der Waals surface area contributed by atoms with Crippen molar-refractivity contribution < 1.29 is 13.2 Å². The molecule has 1 aromatic carbocycles. The molecule has 6 nitrogen and oxygen atoms in total. The van der Waals surface area contributed by atoms with Gasteiger partial charge in [-0.2, -0.15) is 4.31 Å². The third-order valence-corrected chi connectivity index (χ3v) is 6.29. The molecule has 0 bridgehead atoms. The van der Waals surface area contributed by atoms with E-state index >= 15 is 0 Å². The van der Waals surface area contributed by atoms with Gasteiger partial charge in [-0.1, -0.05) is 38.0 Å². The van der Waals surface area contributed by atoms with Crippen molar-refractivity contribution in [2.75, 3.05) is 13.1 Å². The number of halogens is 1. The molecule has 8 heteroatoms. The normalized spacial score (nSPS) is 16.7. The average Bonchev–Trinajstić information content (AvgIpc) is 2.60. The SMILES string of the molecule is CCCC(N)C(=O)NCc1ccccc1S(=O)(=O)N1CCCCC1.Cl. The summed E-state index contributed by atoms with van der Waals surface area (Å²) in [6.45, 7) is 3.25. The summed E-state index contributed by atoms with van der Waals surface area (Å²) in [5.41, 5.74) is 6.39. The average molecular weight is 390 g/mol. The number of nitrogens with one attached hydrogen (secondary N) is 1. The van der Waals surface area contributed by atoms with Crippen molar-refractivity contribution in [3.8, 4) is 0 Å². The molecule has 1 atom stereocenters. The summed E-state index contributed by atoms with van der Waals surface area (Å²) >= 11 is 0. The molecular formula is C17H28ClN3O3S. The molecule has 142 valence electrons. The lowest BCUT2D eigenvalue weighted by Crippen LogP contribution is -2.40. The number of amides is 1. The van der Waals surface area contributed by atoms with Gasteiger partial charge in [0.15, 0.2) is 0 Å². The zero-order valence-electron chi connectivity index (χ0n) is 14.6. The largest absolute Gasteiger partial charge is 0.351 e. The molecule has 0 spiro atoms. The van der Waals surface area contributed by atoms with Crippen molar-refractivity contribution in [1.29, 1.82) is 0 Å². The number of piperidine rings is 1. The molecule has 25 heavy (non-hydrogen) atoms. The zero-order valence-corrected chi connectivity index (χ0v) is 16.2. The van der Waals surface area contributed by atoms with Gasteiger partial charge in [-0.05, 0) is 30.9 Å². The Hall–Kier alpha value is -1.15. The second kappa shape index (κ2) is 10.1. The van der Waals surface area contributed by atoms with E-state index in [1.165, 1.54) is 0 Å². The highest BCUT2D eigenvalue weighted by Crippen LogP contribution is 2.23. The van der Waals surface area contributed by atoms with Gasteiger partial charge in [-0.3, -0.25) is 4.79 Å². The summed E-state index contributed by atoms with van der Waals surface area (Å²) in [6, 6.07) is 6.29. The number of benzene rings is 1. The maximum atomic E-state index is 12.9. The van der Waals surface area contributed by atoms with E-state index in [9.17, 15) is 13.2 Å². The maximum absolute atomic E-state index is 12.9. The highest BCUT2D eigenvalue weighted by molar-refractivity contribution is 7.89. The van der Waals surface area contributed by atoms with Crippen LogP contribution in [0.3, 0.4) is 0 Å². The fourth-order valence-corrected chi connectivity index (χ4v) is 4.64. The first-order valence-electron chi connectivity index (χ1n) is 8.58. The lowest BCUT2D eigenvalue weighted by molar-refractivity contribution is -0.122. The van der Waals surface area contributed by atoms with Gasteiger partial charge in [0.25, 0.3) is 0 Å². The van der Waals surface area contributed by atoms with Crippen LogP contribution in [0, 0.1) is 0 Å². The molecule has 1 aliphatic heterocycles. The molecule has 0 aromatic heterocycles. The lowest BCUT2D eigenvalue weighted by atomic mass is 10.1. The number of carbonyl (C=O) groups excluding carboxylic acids is 1. The van der Waals surface area contributed by atoms with E-state index in [1.54, 1.807) is 28.6 Å². The Kier molecular flexibility index (Phi) is 8.85. The molecule has 1 aromatic rings. The van der Waals surface area contributed by atoms with Gasteiger partial charge in [0, 0.05) is 19.6 Å². The van der Waals surface area contributed by atoms with E-state index in [1.807, 2.05) is 6.92 Å². The van der Waals surface area contributed by atoms with Gasteiger partial charge in [0.1, 0.15) is 0 Å². The van der Waals surface area contributed by atoms with Crippen LogP contribution in [0.5, 0.6) is 0 Å². The standard InChI is InChI=1S/C17H27N3O3S.ClH/c1-2-8-15(18)17(21)19-13-14-9-4-5-10-16(14)24(22,23)20-11-6-3-7-12-20;/h4-5,9-10,15H,2-3,6-8,11-13,18H2,1H3,(H,19,21);1H. The first kappa shape index (κ1) is 21.9. The molecule has 0 aliphatic carbocycles. The quantitative estimate of drug-likeness (QED) is 0.746. The van der Waals surface area contributed by atoms with Crippen LogP contribution in [0.1, 0.15) is 44.6 Å². The van der Waals surface area contributed by atoms with Crippen LogP contribution in [0.25, 0.3) is 0 Å². The summed E-state index contributed by atoms with van der Waals surface area (Å²) in [5.74, 6) is -0.248. The minimum absolute atomic E-state index is 0. The Bertz CT molecular complexity index is 661. The Morgan fingerprint density at radius 3 is 2.52 bits per heavy atom. The van der Waals surface area contributed by atoms with Crippen LogP contribution < -0.4 is 11.1 Å². The van der Waals surface area contributed by atoms with Crippen molar-refractivity contribution in [3.05, 3.63) is 29.8 Å². The molecule has 0 radical (unpaired) electrons. The highest BCUT2D eigenvalue weighted by Gasteiger charge is 2.28. The second-order valence-electron chi connectivity index (χ2n) is 6.19. The lowest BCUT2D eigenvalue weighted by Gasteiger charge is -2.27. The first-order valence-corrected chi connectivity index (χ1v) is 10.0. The Labute approximate surface area is 156 Å². The molecule has 1 fully saturated rings. The Balaban J connectivity index is 0.00000312. The molecule has 1 aliphatic rings. The second-order valence-corrected chi connectivity index (χ2v) is 8.09. The van der Waals surface area contributed by atoms with Crippen molar-refractivity contribution in [1.82, 2.24) is 9.62 Å². The number of sulfonamides is 1. The number of hydrogen-bond donors (Lipinski definition) is 2. The summed E-state index contributed by atoms with van der Waals surface area (Å²) in [5, 5.41) is 2.75. The van der Waals surface area contributed by atoms with Crippen LogP contribution in [0.15, 0.2) is 29.2 Å². The minimum atomic E-state index is -3.52. The van der Waals surface area contributed by atoms with E-state index in [0.29, 0.717) is 25.1 Å². The first-order chi connectivity index (χ1) is 11.5. The zero-order chi connectivity index (χ0) is 17.6. The fraction of sp³-hybridized carbons (Fsp3) is 0.588. The molecule has 3 N–H and O–H groups in total. The molecular weight excluding hydrogens is 362 g/mol. The Morgan fingerprint density at radius 2 is 1.88 bits per heavy atom. The molecule has 1 heterocycles. The molecule has 1 saturated heterocycles. The number of nitrogens with two attached hydrogens (primary N) is 1. The van der Waals surface area contributed by atoms with Crippen molar-refractivity contribution in [3.63, 3.8) is 0 Å². The number of hydrogen-bond acceptors (Lipinski definition) is 4. The molecule has 1 unspecified atom stereocenters. The van der Waals surface area contributed by atoms with Gasteiger partial charge in [0.05, 0.1) is 10.9 Å². The third-order valence-electron chi connectivity index (χ3n) is 4.29. The van der Waals surface area contributed by atoms with Crippen molar-refractivity contribution in [2.24, 2.45) is 5.73 Å². The fourth-order valence-electron chi connectivity index (χ4n) is 2.90. The molecule has 2 rings (SSSR count). The van der Waals surface area contributed by atoms with Gasteiger partial charge in [-0.15, -0.1) is 12.4 Å². The van der Waals surface area contributed by atoms with Gasteiger partial charge in [-0.25, -0.2) is 8.42 Å². The van der Waals surface area contributed by atoms with E-state index in [2.05, 4.69) is 5.32 Å². The van der Waals surface area contributed by atoms with Crippen molar-refractivity contribution >= 4 is 28.3 Å². The molecule has 1 amide bonds. The topological polar surface area (TPSA) is 92.5 Å². The van der Waals surface area contributed by atoms with Gasteiger partial charge < -0.3 is 11.1 Å². The monoisotopic (exact) mass is 389 g/mol. The van der Waals surface area contributed by atoms with Crippen LogP contribution in [-0.2, 0) is 21.4 Å². The maximum Gasteiger partial charge on any atom is 0.243 e. The molecule has 0 saturated carbocycles. The predicted octanol–water partition coefficient (Wildman–Crippen LogP) is 2.03. The summed E-state index contributed by atoms with van der Waals surface area (Å²) in [4.78, 5) is 12.2. The predicted molar refractivity (Wildman–Crippen MR) is 101 cm³/mol. The van der Waals surface area contributed by atoms with E-state index in [-0.39, 0.29) is 29.8 Å². The highest BCUT2D eigenvalue weighted by atomic mass is 35.5. The van der Waals surface area contributed by atoms with Crippen LogP contribution in [-0.4, -0.2) is 37.8 Å². The summed E-state index contributed by atoms with van der Waals surface area (Å²) < 4.78 is 27.3. The van der Waals surface area contributed by atoms with E-state index in [4.69, 9.17) is 5.73 Å². The van der Waals surface area contributed by atoms with Gasteiger partial charge >= 0.3 is 0 Å². The van der Waals surface area contributed by atoms with Crippen LogP contribution in [0.2, 0.25) is 0 Å². The van der Waals surface area contributed by atoms with Crippen molar-refractivity contribution in [2.45, 2.75) is 56.5 Å². The van der Waals surface area contributed by atoms with E-state index in [0.717, 1.165) is 25.7 Å². The third kappa shape index (κ3) is 5.67. The van der Waals surface area contributed by atoms with Crippen LogP contribution in [0.4, 0.5) is 0 Å². The Morgan fingerprint density at radius 1 is 1.24 bits per heavy atom. The van der Waals surface area contributed by atoms with Gasteiger partial charge in [0.2, 0.25) is 15.9 Å². The smallest absolute Gasteiger partial charge is 0.243 e. The van der Waals surface area contributed by atoms with E-state index < -0.39 is 16.1 Å². The number of nitrogens with zero attached hydrogens (tertiary/aromatic N) is 1. The van der Waals surface area contributed by atoms with Crippen LogP contribution >= 0.6 is 12.4 Å². The summed E-state index contributed by atoms with van der Waals surface area (Å²) in [7, 11) is -3.52. The number of carbonyl (C=O) groups is 1. The summed E-state index contributed by atoms with van der Waals surface area (Å²) in [6.07, 6.45) is 4.29. The minimum Gasteiger partial charge on any atom is -0.351 e.